The zero-order chi connectivity index (χ0) is 23.3. The molecule has 1 aliphatic rings. The maximum atomic E-state index is 13.2. The molecule has 10 heteroatoms. The molecule has 2 aromatic rings. The second kappa shape index (κ2) is 10.7. The quantitative estimate of drug-likeness (QED) is 0.566. The molecule has 7 nitrogen and oxygen atoms in total. The van der Waals surface area contributed by atoms with Crippen LogP contribution in [-0.2, 0) is 14.8 Å². The minimum Gasteiger partial charge on any atom is -0.462 e. The first-order valence-corrected chi connectivity index (χ1v) is 12.5. The third kappa shape index (κ3) is 5.61. The Balaban J connectivity index is 1.86. The Kier molecular flexibility index (Phi) is 8.16. The molecule has 0 aromatic heterocycles. The maximum Gasteiger partial charge on any atom is 0.339 e. The summed E-state index contributed by atoms with van der Waals surface area (Å²) >= 11 is 12.3. The second-order valence-electron chi connectivity index (χ2n) is 7.33. The number of sulfonamides is 1. The normalized spacial score (nSPS) is 15.1. The van der Waals surface area contributed by atoms with E-state index in [0.29, 0.717) is 18.8 Å². The molecule has 0 aliphatic carbocycles. The van der Waals surface area contributed by atoms with Crippen LogP contribution in [0.1, 0.15) is 53.3 Å². The summed E-state index contributed by atoms with van der Waals surface area (Å²) in [6.45, 7) is 2.72. The van der Waals surface area contributed by atoms with E-state index in [2.05, 4.69) is 5.32 Å². The Morgan fingerprint density at radius 1 is 1.00 bits per heavy atom. The minimum absolute atomic E-state index is 0.0573. The van der Waals surface area contributed by atoms with Gasteiger partial charge in [0.25, 0.3) is 5.91 Å². The number of carbonyl (C=O) groups excluding carboxylic acids is 2. The summed E-state index contributed by atoms with van der Waals surface area (Å²) in [7, 11) is -3.83. The van der Waals surface area contributed by atoms with Crippen LogP contribution in [0.3, 0.4) is 0 Å². The molecular formula is C22H24Cl2N2O5S. The van der Waals surface area contributed by atoms with Crippen molar-refractivity contribution in [2.75, 3.05) is 25.0 Å². The second-order valence-corrected chi connectivity index (χ2v) is 10.1. The van der Waals surface area contributed by atoms with Gasteiger partial charge in [-0.2, -0.15) is 4.31 Å². The van der Waals surface area contributed by atoms with E-state index in [4.69, 9.17) is 27.9 Å². The van der Waals surface area contributed by atoms with E-state index >= 15 is 0 Å². The Labute approximate surface area is 197 Å². The van der Waals surface area contributed by atoms with Gasteiger partial charge in [-0.25, -0.2) is 13.2 Å². The van der Waals surface area contributed by atoms with Gasteiger partial charge >= 0.3 is 5.97 Å². The Hall–Kier alpha value is -2.13. The number of anilines is 1. The number of nitrogens with zero attached hydrogens (tertiary/aromatic N) is 1. The van der Waals surface area contributed by atoms with Gasteiger partial charge in [-0.05, 0) is 56.2 Å². The number of amides is 1. The van der Waals surface area contributed by atoms with Gasteiger partial charge in [-0.3, -0.25) is 4.79 Å². The van der Waals surface area contributed by atoms with Crippen molar-refractivity contribution in [2.45, 2.75) is 37.5 Å². The zero-order valence-electron chi connectivity index (χ0n) is 17.6. The molecule has 1 N–H and O–H groups in total. The molecule has 1 saturated heterocycles. The highest BCUT2D eigenvalue weighted by molar-refractivity contribution is 7.89. The van der Waals surface area contributed by atoms with Crippen LogP contribution in [0, 0.1) is 0 Å². The summed E-state index contributed by atoms with van der Waals surface area (Å²) in [5, 5.41) is 2.90. The Morgan fingerprint density at radius 2 is 1.66 bits per heavy atom. The highest BCUT2D eigenvalue weighted by Gasteiger charge is 2.28. The predicted molar refractivity (Wildman–Crippen MR) is 124 cm³/mol. The molecule has 1 amide bonds. The SMILES string of the molecule is CCOC(=O)c1cc(NC(=O)c2ccc(Cl)c(S(=O)(=O)N3CCCCCC3)c2)ccc1Cl. The molecule has 2 aromatic carbocycles. The summed E-state index contributed by atoms with van der Waals surface area (Å²) < 4.78 is 32.7. The Morgan fingerprint density at radius 3 is 2.31 bits per heavy atom. The average Bonchev–Trinajstić information content (AvgIpc) is 3.05. The van der Waals surface area contributed by atoms with E-state index in [0.717, 1.165) is 25.7 Å². The number of hydrogen-bond donors (Lipinski definition) is 1. The molecule has 0 bridgehead atoms. The first kappa shape index (κ1) is 24.5. The summed E-state index contributed by atoms with van der Waals surface area (Å²) in [6.07, 6.45) is 3.54. The fourth-order valence-corrected chi connectivity index (χ4v) is 5.65. The van der Waals surface area contributed by atoms with Crippen molar-refractivity contribution in [1.82, 2.24) is 4.31 Å². The van der Waals surface area contributed by atoms with Crippen molar-refractivity contribution in [2.24, 2.45) is 0 Å². The van der Waals surface area contributed by atoms with Crippen molar-refractivity contribution < 1.29 is 22.7 Å². The lowest BCUT2D eigenvalue weighted by Crippen LogP contribution is -2.32. The molecule has 1 aliphatic heterocycles. The lowest BCUT2D eigenvalue weighted by molar-refractivity contribution is 0.0526. The first-order valence-electron chi connectivity index (χ1n) is 10.3. The summed E-state index contributed by atoms with van der Waals surface area (Å²) in [4.78, 5) is 24.8. The number of rotatable bonds is 6. The van der Waals surface area contributed by atoms with Gasteiger partial charge in [-0.15, -0.1) is 0 Å². The summed E-state index contributed by atoms with van der Waals surface area (Å²) in [5.74, 6) is -1.16. The van der Waals surface area contributed by atoms with Crippen LogP contribution in [0.4, 0.5) is 5.69 Å². The molecule has 32 heavy (non-hydrogen) atoms. The standard InChI is InChI=1S/C22H24Cl2N2O5S/c1-2-31-22(28)17-14-16(8-10-18(17)23)25-21(27)15-7-9-19(24)20(13-15)32(29,30)26-11-5-3-4-6-12-26/h7-10,13-14H,2-6,11-12H2,1H3,(H,25,27). The smallest absolute Gasteiger partial charge is 0.339 e. The molecule has 0 atom stereocenters. The van der Waals surface area contributed by atoms with Gasteiger partial charge in [0.15, 0.2) is 0 Å². The van der Waals surface area contributed by atoms with Crippen LogP contribution in [0.25, 0.3) is 0 Å². The van der Waals surface area contributed by atoms with E-state index in [9.17, 15) is 18.0 Å². The number of esters is 1. The topological polar surface area (TPSA) is 92.8 Å². The van der Waals surface area contributed by atoms with Crippen molar-refractivity contribution >= 4 is 50.8 Å². The lowest BCUT2D eigenvalue weighted by Gasteiger charge is -2.21. The van der Waals surface area contributed by atoms with E-state index in [1.807, 2.05) is 0 Å². The van der Waals surface area contributed by atoms with Gasteiger partial charge in [-0.1, -0.05) is 36.0 Å². The van der Waals surface area contributed by atoms with Gasteiger partial charge in [0, 0.05) is 24.3 Å². The number of carbonyl (C=O) groups is 2. The van der Waals surface area contributed by atoms with Crippen LogP contribution in [0.15, 0.2) is 41.3 Å². The average molecular weight is 499 g/mol. The zero-order valence-corrected chi connectivity index (χ0v) is 19.9. The molecule has 0 radical (unpaired) electrons. The number of benzene rings is 2. The van der Waals surface area contributed by atoms with Crippen molar-refractivity contribution in [1.29, 1.82) is 0 Å². The Bertz CT molecular complexity index is 1110. The highest BCUT2D eigenvalue weighted by Crippen LogP contribution is 2.28. The summed E-state index contributed by atoms with van der Waals surface area (Å²) in [5.41, 5.74) is 0.552. The molecule has 0 saturated carbocycles. The largest absolute Gasteiger partial charge is 0.462 e. The van der Waals surface area contributed by atoms with Crippen molar-refractivity contribution in [3.63, 3.8) is 0 Å². The van der Waals surface area contributed by atoms with E-state index in [-0.39, 0.29) is 32.7 Å². The van der Waals surface area contributed by atoms with Crippen LogP contribution in [0.5, 0.6) is 0 Å². The monoisotopic (exact) mass is 498 g/mol. The molecule has 0 spiro atoms. The number of halogens is 2. The predicted octanol–water partition coefficient (Wildman–Crippen LogP) is 4.99. The van der Waals surface area contributed by atoms with Crippen molar-refractivity contribution in [3.05, 3.63) is 57.6 Å². The fraction of sp³-hybridized carbons (Fsp3) is 0.364. The van der Waals surface area contributed by atoms with Gasteiger partial charge < -0.3 is 10.1 Å². The maximum absolute atomic E-state index is 13.2. The minimum atomic E-state index is -3.83. The third-order valence-electron chi connectivity index (χ3n) is 5.10. The van der Waals surface area contributed by atoms with Crippen LogP contribution in [0.2, 0.25) is 10.0 Å². The van der Waals surface area contributed by atoms with Gasteiger partial charge in [0.1, 0.15) is 4.90 Å². The van der Waals surface area contributed by atoms with Crippen molar-refractivity contribution in [3.8, 4) is 0 Å². The number of ether oxygens (including phenoxy) is 1. The first-order chi connectivity index (χ1) is 15.2. The molecule has 1 heterocycles. The molecule has 0 unspecified atom stereocenters. The number of nitrogens with one attached hydrogen (secondary N) is 1. The van der Waals surface area contributed by atoms with Gasteiger partial charge in [0.2, 0.25) is 10.0 Å². The summed E-state index contributed by atoms with van der Waals surface area (Å²) in [6, 6.07) is 8.53. The fourth-order valence-electron chi connectivity index (χ4n) is 3.43. The van der Waals surface area contributed by atoms with Crippen LogP contribution < -0.4 is 5.32 Å². The molecule has 3 rings (SSSR count). The van der Waals surface area contributed by atoms with Crippen LogP contribution in [-0.4, -0.2) is 44.3 Å². The van der Waals surface area contributed by atoms with Crippen LogP contribution >= 0.6 is 23.2 Å². The molecule has 1 fully saturated rings. The molecule has 172 valence electrons. The third-order valence-corrected chi connectivity index (χ3v) is 7.81. The van der Waals surface area contributed by atoms with E-state index in [1.54, 1.807) is 6.92 Å². The van der Waals surface area contributed by atoms with E-state index < -0.39 is 21.9 Å². The highest BCUT2D eigenvalue weighted by atomic mass is 35.5. The molecular weight excluding hydrogens is 475 g/mol. The van der Waals surface area contributed by atoms with E-state index in [1.165, 1.54) is 40.7 Å². The van der Waals surface area contributed by atoms with Gasteiger partial charge in [0.05, 0.1) is 22.2 Å². The number of hydrogen-bond acceptors (Lipinski definition) is 5. The lowest BCUT2D eigenvalue weighted by atomic mass is 10.1.